The zero-order chi connectivity index (χ0) is 16.5. The van der Waals surface area contributed by atoms with Crippen LogP contribution in [-0.2, 0) is 0 Å². The Labute approximate surface area is 140 Å². The van der Waals surface area contributed by atoms with E-state index in [2.05, 4.69) is 53.3 Å². The van der Waals surface area contributed by atoms with Gasteiger partial charge in [0.15, 0.2) is 0 Å². The first-order valence-corrected chi connectivity index (χ1v) is 8.44. The molecule has 0 spiro atoms. The molecule has 4 nitrogen and oxygen atoms in total. The Balaban J connectivity index is 1.91. The van der Waals surface area contributed by atoms with E-state index in [-0.39, 0.29) is 0 Å². The van der Waals surface area contributed by atoms with Gasteiger partial charge in [-0.15, -0.1) is 0 Å². The van der Waals surface area contributed by atoms with Gasteiger partial charge in [0, 0.05) is 38.0 Å². The van der Waals surface area contributed by atoms with Crippen molar-refractivity contribution in [2.75, 3.05) is 37.1 Å². The van der Waals surface area contributed by atoms with Crippen LogP contribution in [0.4, 0.5) is 11.4 Å². The average Bonchev–Trinajstić information content (AvgIpc) is 3.09. The fourth-order valence-corrected chi connectivity index (χ4v) is 2.70. The lowest BCUT2D eigenvalue weighted by molar-refractivity contribution is -0.556. The molecule has 2 N–H and O–H groups in total. The molecule has 2 rings (SSSR count). The fourth-order valence-electron chi connectivity index (χ4n) is 2.70. The molecule has 0 aliphatic carbocycles. The predicted molar refractivity (Wildman–Crippen MR) is 100 cm³/mol. The standard InChI is InChI=1S/C19H28N4/c1-17(9-5-4-6-14-20-2)21-22(3)18-10-12-19(13-11-18)23-15-7-8-16-23/h4-6,10-14,20H,7-9,15-16H2,1-3H3/p+1/b5-4-,14-6-,21-17+. The largest absolute Gasteiger partial charge is 0.372 e. The van der Waals surface area contributed by atoms with E-state index >= 15 is 0 Å². The summed E-state index contributed by atoms with van der Waals surface area (Å²) in [6, 6.07) is 8.71. The van der Waals surface area contributed by atoms with E-state index in [4.69, 9.17) is 0 Å². The van der Waals surface area contributed by atoms with Crippen molar-refractivity contribution < 1.29 is 5.32 Å². The lowest BCUT2D eigenvalue weighted by atomic mass is 10.2. The zero-order valence-corrected chi connectivity index (χ0v) is 14.6. The summed E-state index contributed by atoms with van der Waals surface area (Å²) in [7, 11) is 4.02. The van der Waals surface area contributed by atoms with Crippen LogP contribution in [0.25, 0.3) is 0 Å². The third-order valence-corrected chi connectivity index (χ3v) is 3.98. The van der Waals surface area contributed by atoms with Gasteiger partial charge in [0.2, 0.25) is 0 Å². The molecule has 0 radical (unpaired) electrons. The molecular weight excluding hydrogens is 284 g/mol. The van der Waals surface area contributed by atoms with E-state index in [0.717, 1.165) is 17.8 Å². The zero-order valence-electron chi connectivity index (χ0n) is 14.6. The Morgan fingerprint density at radius 1 is 1.22 bits per heavy atom. The van der Waals surface area contributed by atoms with Crippen LogP contribution in [0.5, 0.6) is 0 Å². The number of rotatable bonds is 7. The number of quaternary nitrogens is 1. The second kappa shape index (κ2) is 9.16. The number of anilines is 2. The number of hydrogen-bond acceptors (Lipinski definition) is 3. The molecule has 0 aromatic heterocycles. The molecule has 0 unspecified atom stereocenters. The third kappa shape index (κ3) is 5.57. The molecule has 1 aromatic rings. The van der Waals surface area contributed by atoms with Gasteiger partial charge in [0.25, 0.3) is 0 Å². The van der Waals surface area contributed by atoms with E-state index in [1.807, 2.05) is 36.7 Å². The van der Waals surface area contributed by atoms with E-state index in [9.17, 15) is 0 Å². The number of allylic oxidation sites excluding steroid dienone is 3. The van der Waals surface area contributed by atoms with Crippen molar-refractivity contribution in [3.8, 4) is 0 Å². The summed E-state index contributed by atoms with van der Waals surface area (Å²) in [6.45, 7) is 4.43. The third-order valence-electron chi connectivity index (χ3n) is 3.98. The number of benzene rings is 1. The molecule has 0 saturated carbocycles. The molecule has 124 valence electrons. The minimum absolute atomic E-state index is 0.865. The second-order valence-corrected chi connectivity index (χ2v) is 5.92. The van der Waals surface area contributed by atoms with Crippen molar-refractivity contribution in [3.05, 3.63) is 48.7 Å². The molecule has 1 fully saturated rings. The van der Waals surface area contributed by atoms with Gasteiger partial charge in [-0.1, -0.05) is 12.2 Å². The van der Waals surface area contributed by atoms with Crippen molar-refractivity contribution in [1.82, 2.24) is 0 Å². The Hall–Kier alpha value is -2.07. The van der Waals surface area contributed by atoms with Gasteiger partial charge < -0.3 is 10.2 Å². The van der Waals surface area contributed by atoms with Gasteiger partial charge in [-0.3, -0.25) is 5.01 Å². The van der Waals surface area contributed by atoms with Crippen molar-refractivity contribution in [3.63, 3.8) is 0 Å². The van der Waals surface area contributed by atoms with Crippen molar-refractivity contribution in [2.24, 2.45) is 5.10 Å². The first-order chi connectivity index (χ1) is 11.2. The predicted octanol–water partition coefficient (Wildman–Crippen LogP) is 2.75. The molecule has 0 atom stereocenters. The maximum Gasteiger partial charge on any atom is 0.0923 e. The monoisotopic (exact) mass is 313 g/mol. The number of hydrazone groups is 1. The smallest absolute Gasteiger partial charge is 0.0923 e. The Bertz CT molecular complexity index is 551. The molecule has 1 aliphatic heterocycles. The van der Waals surface area contributed by atoms with Crippen LogP contribution in [0.1, 0.15) is 26.2 Å². The van der Waals surface area contributed by atoms with Gasteiger partial charge >= 0.3 is 0 Å². The van der Waals surface area contributed by atoms with Crippen LogP contribution < -0.4 is 15.2 Å². The summed E-state index contributed by atoms with van der Waals surface area (Å²) in [5.41, 5.74) is 3.54. The van der Waals surface area contributed by atoms with E-state index in [1.165, 1.54) is 31.6 Å². The van der Waals surface area contributed by atoms with Crippen LogP contribution >= 0.6 is 0 Å². The van der Waals surface area contributed by atoms with Gasteiger partial charge in [-0.25, -0.2) is 0 Å². The average molecular weight is 313 g/mol. The Kier molecular flexibility index (Phi) is 6.88. The van der Waals surface area contributed by atoms with E-state index < -0.39 is 0 Å². The summed E-state index contributed by atoms with van der Waals surface area (Å²) in [5.74, 6) is 0. The molecule has 0 bridgehead atoms. The highest BCUT2D eigenvalue weighted by Crippen LogP contribution is 2.23. The van der Waals surface area contributed by atoms with Gasteiger partial charge in [0.1, 0.15) is 0 Å². The van der Waals surface area contributed by atoms with Crippen molar-refractivity contribution in [1.29, 1.82) is 0 Å². The maximum absolute atomic E-state index is 4.65. The summed E-state index contributed by atoms with van der Waals surface area (Å²) in [5, 5.41) is 8.62. The Morgan fingerprint density at radius 3 is 2.57 bits per heavy atom. The van der Waals surface area contributed by atoms with Gasteiger partial charge in [-0.2, -0.15) is 5.10 Å². The van der Waals surface area contributed by atoms with Crippen molar-refractivity contribution in [2.45, 2.75) is 26.2 Å². The Morgan fingerprint density at radius 2 is 1.91 bits per heavy atom. The minimum atomic E-state index is 0.865. The quantitative estimate of drug-likeness (QED) is 0.477. The first kappa shape index (κ1) is 17.3. The van der Waals surface area contributed by atoms with E-state index in [1.54, 1.807) is 0 Å². The lowest BCUT2D eigenvalue weighted by Crippen LogP contribution is -2.72. The van der Waals surface area contributed by atoms with Crippen LogP contribution in [0.3, 0.4) is 0 Å². The minimum Gasteiger partial charge on any atom is -0.372 e. The van der Waals surface area contributed by atoms with Crippen LogP contribution in [0.2, 0.25) is 0 Å². The van der Waals surface area contributed by atoms with Crippen LogP contribution in [0, 0.1) is 0 Å². The summed E-state index contributed by atoms with van der Waals surface area (Å²) >= 11 is 0. The summed E-state index contributed by atoms with van der Waals surface area (Å²) < 4.78 is 0. The molecule has 1 aliphatic rings. The van der Waals surface area contributed by atoms with Gasteiger partial charge in [0.05, 0.1) is 18.9 Å². The normalized spacial score (nSPS) is 16.0. The number of nitrogens with two attached hydrogens (primary N) is 1. The molecule has 1 aromatic carbocycles. The molecular formula is C19H29N4+. The molecule has 23 heavy (non-hydrogen) atoms. The van der Waals surface area contributed by atoms with E-state index in [0.29, 0.717) is 0 Å². The summed E-state index contributed by atoms with van der Waals surface area (Å²) in [4.78, 5) is 2.45. The maximum atomic E-state index is 4.65. The SMILES string of the molecule is C[NH2+]/C=C\C=C/C/C(C)=N/N(C)c1ccc(N2CCCC2)cc1. The topological polar surface area (TPSA) is 35.5 Å². The van der Waals surface area contributed by atoms with Crippen LogP contribution in [0.15, 0.2) is 53.8 Å². The number of hydrogen-bond donors (Lipinski definition) is 1. The summed E-state index contributed by atoms with van der Waals surface area (Å²) in [6.07, 6.45) is 11.7. The fraction of sp³-hybridized carbons (Fsp3) is 0.421. The highest BCUT2D eigenvalue weighted by Gasteiger charge is 2.12. The number of nitrogens with zero attached hydrogens (tertiary/aromatic N) is 3. The van der Waals surface area contributed by atoms with Crippen molar-refractivity contribution >= 4 is 17.1 Å². The molecule has 1 saturated heterocycles. The highest BCUT2D eigenvalue weighted by molar-refractivity contribution is 5.84. The van der Waals surface area contributed by atoms with Gasteiger partial charge in [-0.05, 0) is 50.1 Å². The first-order valence-electron chi connectivity index (χ1n) is 8.44. The van der Waals surface area contributed by atoms with Crippen LogP contribution in [-0.4, -0.2) is 32.9 Å². The molecule has 0 amide bonds. The highest BCUT2D eigenvalue weighted by atomic mass is 15.4. The lowest BCUT2D eigenvalue weighted by Gasteiger charge is -2.19. The molecule has 4 heteroatoms. The molecule has 1 heterocycles. The second-order valence-electron chi connectivity index (χ2n) is 5.92.